The zero-order valence-electron chi connectivity index (χ0n) is 13.3. The number of rotatable bonds is 8. The molecule has 2 N–H and O–H groups in total. The van der Waals surface area contributed by atoms with Crippen molar-refractivity contribution in [3.63, 3.8) is 0 Å². The molecule has 0 radical (unpaired) electrons. The maximum absolute atomic E-state index is 12.6. The van der Waals surface area contributed by atoms with E-state index in [-0.39, 0.29) is 24.7 Å². The molecule has 0 saturated heterocycles. The number of nitrogens with zero attached hydrogens (tertiary/aromatic N) is 1. The number of nitrogens with two attached hydrogens (primary N) is 1. The Morgan fingerprint density at radius 1 is 1.27 bits per heavy atom. The average molecular weight is 330 g/mol. The molecule has 8 heteroatoms. The Bertz CT molecular complexity index is 620. The van der Waals surface area contributed by atoms with Crippen molar-refractivity contribution < 1.29 is 22.7 Å². The van der Waals surface area contributed by atoms with Gasteiger partial charge in [0.2, 0.25) is 15.9 Å². The third kappa shape index (κ3) is 4.43. The van der Waals surface area contributed by atoms with Crippen LogP contribution >= 0.6 is 0 Å². The first-order chi connectivity index (χ1) is 10.2. The van der Waals surface area contributed by atoms with E-state index in [9.17, 15) is 13.2 Å². The fourth-order valence-corrected chi connectivity index (χ4v) is 3.64. The number of amides is 1. The summed E-state index contributed by atoms with van der Waals surface area (Å²) in [6, 6.07) is 3.36. The van der Waals surface area contributed by atoms with Crippen molar-refractivity contribution in [3.05, 3.63) is 23.3 Å². The number of hydrogen-bond donors (Lipinski definition) is 1. The minimum Gasteiger partial charge on any atom is -0.497 e. The Labute approximate surface area is 131 Å². The molecule has 1 amide bonds. The maximum atomic E-state index is 12.6. The summed E-state index contributed by atoms with van der Waals surface area (Å²) in [5, 5.41) is 0. The van der Waals surface area contributed by atoms with Crippen LogP contribution in [0.2, 0.25) is 0 Å². The predicted molar refractivity (Wildman–Crippen MR) is 82.3 cm³/mol. The van der Waals surface area contributed by atoms with Gasteiger partial charge in [0.1, 0.15) is 12.4 Å². The van der Waals surface area contributed by atoms with E-state index in [1.807, 2.05) is 0 Å². The number of ether oxygens (including phenoxy) is 2. The van der Waals surface area contributed by atoms with Gasteiger partial charge in [-0.25, -0.2) is 8.42 Å². The molecule has 7 nitrogen and oxygen atoms in total. The van der Waals surface area contributed by atoms with Crippen molar-refractivity contribution in [2.45, 2.75) is 18.7 Å². The van der Waals surface area contributed by atoms with Gasteiger partial charge in [-0.05, 0) is 37.1 Å². The van der Waals surface area contributed by atoms with Crippen LogP contribution in [-0.4, -0.2) is 52.5 Å². The fourth-order valence-electron chi connectivity index (χ4n) is 2.08. The molecule has 0 aliphatic carbocycles. The smallest absolute Gasteiger partial charge is 0.243 e. The van der Waals surface area contributed by atoms with Gasteiger partial charge in [-0.2, -0.15) is 4.31 Å². The molecule has 0 bridgehead atoms. The average Bonchev–Trinajstić information content (AvgIpc) is 2.41. The molecule has 0 saturated carbocycles. The van der Waals surface area contributed by atoms with Crippen molar-refractivity contribution in [3.8, 4) is 5.75 Å². The number of sulfonamides is 1. The number of aryl methyl sites for hydroxylation is 2. The summed E-state index contributed by atoms with van der Waals surface area (Å²) in [5.74, 6) is 0.0220. The van der Waals surface area contributed by atoms with Crippen molar-refractivity contribution >= 4 is 15.9 Å². The molecule has 22 heavy (non-hydrogen) atoms. The molecule has 0 aromatic heterocycles. The molecule has 0 spiro atoms. The lowest BCUT2D eigenvalue weighted by Crippen LogP contribution is -2.32. The lowest BCUT2D eigenvalue weighted by Gasteiger charge is -2.20. The van der Waals surface area contributed by atoms with Crippen LogP contribution in [0.3, 0.4) is 0 Å². The Morgan fingerprint density at radius 3 is 2.27 bits per heavy atom. The van der Waals surface area contributed by atoms with Crippen LogP contribution in [0.25, 0.3) is 0 Å². The zero-order valence-corrected chi connectivity index (χ0v) is 14.1. The minimum atomic E-state index is -3.64. The number of methoxy groups -OCH3 is 1. The normalized spacial score (nSPS) is 11.7. The van der Waals surface area contributed by atoms with E-state index in [0.29, 0.717) is 16.9 Å². The van der Waals surface area contributed by atoms with E-state index in [1.54, 1.807) is 26.0 Å². The number of hydrogen-bond acceptors (Lipinski definition) is 5. The zero-order chi connectivity index (χ0) is 16.9. The van der Waals surface area contributed by atoms with Crippen LogP contribution in [0.5, 0.6) is 5.75 Å². The van der Waals surface area contributed by atoms with Gasteiger partial charge >= 0.3 is 0 Å². The molecular weight excluding hydrogens is 308 g/mol. The van der Waals surface area contributed by atoms with Gasteiger partial charge in [0, 0.05) is 13.6 Å². The predicted octanol–water partition coefficient (Wildman–Crippen LogP) is 0.434. The summed E-state index contributed by atoms with van der Waals surface area (Å²) < 4.78 is 36.6. The second kappa shape index (κ2) is 7.57. The molecule has 0 fully saturated rings. The molecule has 1 aromatic carbocycles. The van der Waals surface area contributed by atoms with Gasteiger partial charge < -0.3 is 15.2 Å². The maximum Gasteiger partial charge on any atom is 0.243 e. The first-order valence-electron chi connectivity index (χ1n) is 6.67. The SMILES string of the molecule is COc1cc(C)c(S(=O)(=O)N(C)CCOCC(N)=O)c(C)c1. The number of primary amides is 1. The Kier molecular flexibility index (Phi) is 6.34. The topological polar surface area (TPSA) is 98.9 Å². The van der Waals surface area contributed by atoms with E-state index in [1.165, 1.54) is 18.5 Å². The first kappa shape index (κ1) is 18.4. The quantitative estimate of drug-likeness (QED) is 0.697. The molecule has 0 atom stereocenters. The molecular formula is C14H22N2O5S. The van der Waals surface area contributed by atoms with E-state index >= 15 is 0 Å². The van der Waals surface area contributed by atoms with Crippen LogP contribution in [-0.2, 0) is 19.6 Å². The second-order valence-electron chi connectivity index (χ2n) is 4.94. The van der Waals surface area contributed by atoms with Crippen molar-refractivity contribution in [2.24, 2.45) is 5.73 Å². The standard InChI is InChI=1S/C14H22N2O5S/c1-10-7-12(20-4)8-11(2)14(10)22(18,19)16(3)5-6-21-9-13(15)17/h7-8H,5-6,9H2,1-4H3,(H2,15,17). The summed E-state index contributed by atoms with van der Waals surface area (Å²) in [6.45, 7) is 3.43. The monoisotopic (exact) mass is 330 g/mol. The van der Waals surface area contributed by atoms with Gasteiger partial charge in [-0.3, -0.25) is 4.79 Å². The fraction of sp³-hybridized carbons (Fsp3) is 0.500. The molecule has 0 aliphatic heterocycles. The van der Waals surface area contributed by atoms with E-state index in [4.69, 9.17) is 15.2 Å². The highest BCUT2D eigenvalue weighted by Crippen LogP contribution is 2.27. The second-order valence-corrected chi connectivity index (χ2v) is 6.92. The van der Waals surface area contributed by atoms with E-state index in [0.717, 1.165) is 0 Å². The van der Waals surface area contributed by atoms with Crippen molar-refractivity contribution in [1.29, 1.82) is 0 Å². The van der Waals surface area contributed by atoms with E-state index < -0.39 is 15.9 Å². The number of carbonyl (C=O) groups excluding carboxylic acids is 1. The van der Waals surface area contributed by atoms with Gasteiger partial charge in [0.05, 0.1) is 18.6 Å². The van der Waals surface area contributed by atoms with Crippen LogP contribution in [0.4, 0.5) is 0 Å². The van der Waals surface area contributed by atoms with Crippen LogP contribution in [0.1, 0.15) is 11.1 Å². The van der Waals surface area contributed by atoms with Gasteiger partial charge in [-0.15, -0.1) is 0 Å². The van der Waals surface area contributed by atoms with Crippen LogP contribution < -0.4 is 10.5 Å². The highest BCUT2D eigenvalue weighted by Gasteiger charge is 2.25. The number of benzene rings is 1. The Balaban J connectivity index is 2.92. The summed E-state index contributed by atoms with van der Waals surface area (Å²) >= 11 is 0. The molecule has 124 valence electrons. The van der Waals surface area contributed by atoms with Gasteiger partial charge in [0.15, 0.2) is 0 Å². The third-order valence-corrected chi connectivity index (χ3v) is 5.30. The van der Waals surface area contributed by atoms with Gasteiger partial charge in [-0.1, -0.05) is 0 Å². The number of likely N-dealkylation sites (N-methyl/N-ethyl adjacent to an activating group) is 1. The molecule has 0 aliphatic rings. The van der Waals surface area contributed by atoms with Crippen LogP contribution in [0.15, 0.2) is 17.0 Å². The Hall–Kier alpha value is -1.64. The van der Waals surface area contributed by atoms with Crippen LogP contribution in [0, 0.1) is 13.8 Å². The lowest BCUT2D eigenvalue weighted by molar-refractivity contribution is -0.122. The molecule has 1 aromatic rings. The lowest BCUT2D eigenvalue weighted by atomic mass is 10.1. The van der Waals surface area contributed by atoms with Gasteiger partial charge in [0.25, 0.3) is 0 Å². The van der Waals surface area contributed by atoms with Crippen molar-refractivity contribution in [2.75, 3.05) is 33.9 Å². The van der Waals surface area contributed by atoms with E-state index in [2.05, 4.69) is 0 Å². The summed E-state index contributed by atoms with van der Waals surface area (Å²) in [7, 11) is -0.648. The number of carbonyl (C=O) groups is 1. The molecule has 0 unspecified atom stereocenters. The summed E-state index contributed by atoms with van der Waals surface area (Å²) in [6.07, 6.45) is 0. The Morgan fingerprint density at radius 2 is 1.82 bits per heavy atom. The highest BCUT2D eigenvalue weighted by atomic mass is 32.2. The first-order valence-corrected chi connectivity index (χ1v) is 8.11. The summed E-state index contributed by atoms with van der Waals surface area (Å²) in [5.41, 5.74) is 6.17. The minimum absolute atomic E-state index is 0.0902. The summed E-state index contributed by atoms with van der Waals surface area (Å²) in [4.78, 5) is 10.8. The largest absolute Gasteiger partial charge is 0.497 e. The third-order valence-electron chi connectivity index (χ3n) is 3.13. The molecule has 1 rings (SSSR count). The molecule has 0 heterocycles. The highest BCUT2D eigenvalue weighted by molar-refractivity contribution is 7.89. The van der Waals surface area contributed by atoms with Crippen molar-refractivity contribution in [1.82, 2.24) is 4.31 Å².